The first-order valence-electron chi connectivity index (χ1n) is 7.18. The third kappa shape index (κ3) is 3.30. The van der Waals surface area contributed by atoms with Gasteiger partial charge >= 0.3 is 0 Å². The lowest BCUT2D eigenvalue weighted by atomic mass is 10.2. The minimum Gasteiger partial charge on any atom is -0.314 e. The maximum absolute atomic E-state index is 4.74. The molecule has 3 rings (SSSR count). The van der Waals surface area contributed by atoms with Gasteiger partial charge in [-0.25, -0.2) is 0 Å². The van der Waals surface area contributed by atoms with Crippen molar-refractivity contribution in [1.82, 2.24) is 15.2 Å². The number of nitrogens with one attached hydrogen (secondary N) is 1. The lowest BCUT2D eigenvalue weighted by molar-refractivity contribution is 0.241. The quantitative estimate of drug-likeness (QED) is 0.798. The van der Waals surface area contributed by atoms with E-state index < -0.39 is 0 Å². The lowest BCUT2D eigenvalue weighted by Gasteiger charge is -2.21. The van der Waals surface area contributed by atoms with Gasteiger partial charge < -0.3 is 5.32 Å². The monoisotopic (exact) mass is 245 g/mol. The van der Waals surface area contributed by atoms with Crippen LogP contribution in [0.2, 0.25) is 0 Å². The summed E-state index contributed by atoms with van der Waals surface area (Å²) in [6, 6.07) is 7.25. The largest absolute Gasteiger partial charge is 0.314 e. The Balaban J connectivity index is 1.63. The molecule has 18 heavy (non-hydrogen) atoms. The Morgan fingerprint density at radius 1 is 1.22 bits per heavy atom. The zero-order valence-electron chi connectivity index (χ0n) is 11.2. The molecule has 2 aliphatic carbocycles. The third-order valence-electron chi connectivity index (χ3n) is 3.84. The predicted octanol–water partition coefficient (Wildman–Crippen LogP) is 2.18. The molecule has 1 N–H and O–H groups in total. The van der Waals surface area contributed by atoms with Crippen molar-refractivity contribution in [3.8, 4) is 0 Å². The van der Waals surface area contributed by atoms with Gasteiger partial charge in [0.2, 0.25) is 0 Å². The van der Waals surface area contributed by atoms with E-state index >= 15 is 0 Å². The second-order valence-electron chi connectivity index (χ2n) is 5.75. The fourth-order valence-electron chi connectivity index (χ4n) is 2.52. The van der Waals surface area contributed by atoms with Crippen LogP contribution in [0.3, 0.4) is 0 Å². The van der Waals surface area contributed by atoms with E-state index in [0.29, 0.717) is 0 Å². The van der Waals surface area contributed by atoms with E-state index in [1.165, 1.54) is 37.9 Å². The molecule has 98 valence electrons. The van der Waals surface area contributed by atoms with Crippen LogP contribution in [0.15, 0.2) is 18.2 Å². The summed E-state index contributed by atoms with van der Waals surface area (Å²) in [7, 11) is 1.97. The SMILES string of the molecule is CNCc1cccc(CN(CC2CC2)C2CC2)n1. The summed E-state index contributed by atoms with van der Waals surface area (Å²) >= 11 is 0. The molecular formula is C15H23N3. The van der Waals surface area contributed by atoms with Crippen molar-refractivity contribution in [3.05, 3.63) is 29.6 Å². The molecule has 0 amide bonds. The topological polar surface area (TPSA) is 28.2 Å². The van der Waals surface area contributed by atoms with E-state index in [0.717, 1.165) is 30.7 Å². The van der Waals surface area contributed by atoms with Crippen LogP contribution >= 0.6 is 0 Å². The maximum Gasteiger partial charge on any atom is 0.0547 e. The fraction of sp³-hybridized carbons (Fsp3) is 0.667. The zero-order valence-corrected chi connectivity index (χ0v) is 11.2. The normalized spacial score (nSPS) is 19.4. The van der Waals surface area contributed by atoms with E-state index in [2.05, 4.69) is 28.4 Å². The zero-order chi connectivity index (χ0) is 12.4. The van der Waals surface area contributed by atoms with Crippen molar-refractivity contribution in [3.63, 3.8) is 0 Å². The second kappa shape index (κ2) is 5.37. The molecule has 2 saturated carbocycles. The summed E-state index contributed by atoms with van der Waals surface area (Å²) in [5.74, 6) is 0.978. The highest BCUT2D eigenvalue weighted by molar-refractivity contribution is 5.11. The number of hydrogen-bond acceptors (Lipinski definition) is 3. The van der Waals surface area contributed by atoms with Crippen molar-refractivity contribution >= 4 is 0 Å². The van der Waals surface area contributed by atoms with Gasteiger partial charge in [-0.1, -0.05) is 6.07 Å². The molecule has 1 aromatic rings. The molecule has 0 radical (unpaired) electrons. The average Bonchev–Trinajstić information content (AvgIpc) is 3.24. The first-order valence-corrected chi connectivity index (χ1v) is 7.18. The molecule has 1 aromatic heterocycles. The molecule has 3 nitrogen and oxygen atoms in total. The molecule has 0 aliphatic heterocycles. The van der Waals surface area contributed by atoms with Gasteiger partial charge in [0.25, 0.3) is 0 Å². The number of rotatable bonds is 7. The van der Waals surface area contributed by atoms with Crippen LogP contribution in [-0.2, 0) is 13.1 Å². The molecule has 2 fully saturated rings. The Morgan fingerprint density at radius 3 is 2.67 bits per heavy atom. The minimum absolute atomic E-state index is 0.848. The van der Waals surface area contributed by atoms with Crippen LogP contribution in [0, 0.1) is 5.92 Å². The number of aromatic nitrogens is 1. The van der Waals surface area contributed by atoms with Gasteiger partial charge in [0, 0.05) is 25.7 Å². The Morgan fingerprint density at radius 2 is 2.00 bits per heavy atom. The van der Waals surface area contributed by atoms with Gasteiger partial charge in [-0.3, -0.25) is 9.88 Å². The van der Waals surface area contributed by atoms with Gasteiger partial charge in [0.15, 0.2) is 0 Å². The van der Waals surface area contributed by atoms with Crippen molar-refractivity contribution in [2.45, 2.75) is 44.8 Å². The van der Waals surface area contributed by atoms with Crippen LogP contribution in [0.4, 0.5) is 0 Å². The first kappa shape index (κ1) is 12.1. The molecule has 1 heterocycles. The molecule has 0 unspecified atom stereocenters. The van der Waals surface area contributed by atoms with Crippen LogP contribution in [-0.4, -0.2) is 29.5 Å². The molecule has 0 bridgehead atoms. The van der Waals surface area contributed by atoms with Crippen molar-refractivity contribution in [2.24, 2.45) is 5.92 Å². The number of pyridine rings is 1. The Bertz CT molecular complexity index is 396. The minimum atomic E-state index is 0.848. The van der Waals surface area contributed by atoms with E-state index in [4.69, 9.17) is 4.98 Å². The molecule has 0 spiro atoms. The van der Waals surface area contributed by atoms with E-state index in [-0.39, 0.29) is 0 Å². The van der Waals surface area contributed by atoms with Crippen LogP contribution in [0.25, 0.3) is 0 Å². The second-order valence-corrected chi connectivity index (χ2v) is 5.75. The molecule has 0 atom stereocenters. The molecule has 3 heteroatoms. The predicted molar refractivity (Wildman–Crippen MR) is 73.2 cm³/mol. The fourth-order valence-corrected chi connectivity index (χ4v) is 2.52. The molecule has 0 saturated heterocycles. The Hall–Kier alpha value is -0.930. The van der Waals surface area contributed by atoms with E-state index in [1.807, 2.05) is 7.05 Å². The standard InChI is InChI=1S/C15H23N3/c1-16-9-13-3-2-4-14(17-13)11-18(15-7-8-15)10-12-5-6-12/h2-4,12,15-16H,5-11H2,1H3. The average molecular weight is 245 g/mol. The van der Waals surface area contributed by atoms with Crippen LogP contribution < -0.4 is 5.32 Å². The number of hydrogen-bond donors (Lipinski definition) is 1. The van der Waals surface area contributed by atoms with Crippen LogP contribution in [0.5, 0.6) is 0 Å². The van der Waals surface area contributed by atoms with Crippen LogP contribution in [0.1, 0.15) is 37.1 Å². The lowest BCUT2D eigenvalue weighted by Crippen LogP contribution is -2.28. The highest BCUT2D eigenvalue weighted by Gasteiger charge is 2.33. The highest BCUT2D eigenvalue weighted by atomic mass is 15.2. The first-order chi connectivity index (χ1) is 8.85. The summed E-state index contributed by atoms with van der Waals surface area (Å²) in [6.07, 6.45) is 5.67. The molecule has 0 aromatic carbocycles. The van der Waals surface area contributed by atoms with Crippen molar-refractivity contribution in [2.75, 3.05) is 13.6 Å². The Labute approximate surface area is 110 Å². The van der Waals surface area contributed by atoms with Gasteiger partial charge in [-0.05, 0) is 50.8 Å². The summed E-state index contributed by atoms with van der Waals surface area (Å²) in [5, 5.41) is 3.17. The van der Waals surface area contributed by atoms with Gasteiger partial charge in [-0.2, -0.15) is 0 Å². The highest BCUT2D eigenvalue weighted by Crippen LogP contribution is 2.35. The van der Waals surface area contributed by atoms with E-state index in [9.17, 15) is 0 Å². The van der Waals surface area contributed by atoms with Gasteiger partial charge in [-0.15, -0.1) is 0 Å². The van der Waals surface area contributed by atoms with Crippen molar-refractivity contribution in [1.29, 1.82) is 0 Å². The summed E-state index contributed by atoms with van der Waals surface area (Å²) in [6.45, 7) is 3.20. The van der Waals surface area contributed by atoms with Gasteiger partial charge in [0.1, 0.15) is 0 Å². The summed E-state index contributed by atoms with van der Waals surface area (Å²) in [4.78, 5) is 7.39. The summed E-state index contributed by atoms with van der Waals surface area (Å²) < 4.78 is 0. The van der Waals surface area contributed by atoms with Gasteiger partial charge in [0.05, 0.1) is 11.4 Å². The summed E-state index contributed by atoms with van der Waals surface area (Å²) in [5.41, 5.74) is 2.38. The smallest absolute Gasteiger partial charge is 0.0547 e. The Kier molecular flexibility index (Phi) is 3.62. The molecular weight excluding hydrogens is 222 g/mol. The number of nitrogens with zero attached hydrogens (tertiary/aromatic N) is 2. The van der Waals surface area contributed by atoms with E-state index in [1.54, 1.807) is 0 Å². The van der Waals surface area contributed by atoms with Crippen molar-refractivity contribution < 1.29 is 0 Å². The molecule has 2 aliphatic rings. The maximum atomic E-state index is 4.74. The third-order valence-corrected chi connectivity index (χ3v) is 3.84.